The Hall–Kier alpha value is -2.83. The Labute approximate surface area is 175 Å². The van der Waals surface area contributed by atoms with Crippen molar-refractivity contribution < 1.29 is 14.2 Å². The summed E-state index contributed by atoms with van der Waals surface area (Å²) in [5.74, 6) is -0.260. The summed E-state index contributed by atoms with van der Waals surface area (Å²) in [6.07, 6.45) is 2.68. The van der Waals surface area contributed by atoms with Gasteiger partial charge in [0, 0.05) is 19.1 Å². The average Bonchev–Trinajstić information content (AvgIpc) is 3.37. The minimum atomic E-state index is -0.536. The first-order chi connectivity index (χ1) is 14.5. The Kier molecular flexibility index (Phi) is 4.38. The third-order valence-corrected chi connectivity index (χ3v) is 7.21. The molecule has 1 aliphatic heterocycles. The van der Waals surface area contributed by atoms with Crippen LogP contribution >= 0.6 is 11.3 Å². The predicted molar refractivity (Wildman–Crippen MR) is 114 cm³/mol. The molecule has 1 aliphatic carbocycles. The molecule has 30 heavy (non-hydrogen) atoms. The Balaban J connectivity index is 1.90. The summed E-state index contributed by atoms with van der Waals surface area (Å²) in [5.41, 5.74) is 6.19. The number of nitrogens with zero attached hydrogens (tertiary/aromatic N) is 3. The molecule has 1 atom stereocenters. The highest BCUT2D eigenvalue weighted by atomic mass is 32.1. The molecular weight excluding hydrogens is 407 g/mol. The van der Waals surface area contributed by atoms with Gasteiger partial charge in [-0.3, -0.25) is 4.79 Å². The summed E-state index contributed by atoms with van der Waals surface area (Å²) in [6, 6.07) is 3.31. The lowest BCUT2D eigenvalue weighted by molar-refractivity contribution is 0.414. The first-order valence-electron chi connectivity index (χ1n) is 9.95. The van der Waals surface area contributed by atoms with Crippen molar-refractivity contribution in [2.24, 2.45) is 11.7 Å². The first-order valence-corrected chi connectivity index (χ1v) is 10.8. The van der Waals surface area contributed by atoms with Crippen LogP contribution in [-0.2, 0) is 0 Å². The second-order valence-electron chi connectivity index (χ2n) is 7.97. The maximum Gasteiger partial charge on any atom is 0.202 e. The van der Waals surface area contributed by atoms with E-state index in [1.54, 1.807) is 0 Å². The third kappa shape index (κ3) is 2.60. The lowest BCUT2D eigenvalue weighted by Gasteiger charge is -2.24. The predicted octanol–water partition coefficient (Wildman–Crippen LogP) is 3.06. The summed E-state index contributed by atoms with van der Waals surface area (Å²) >= 11 is 1.09. The highest BCUT2D eigenvalue weighted by Gasteiger charge is 2.34. The van der Waals surface area contributed by atoms with Gasteiger partial charge in [0.1, 0.15) is 26.9 Å². The summed E-state index contributed by atoms with van der Waals surface area (Å²) < 4.78 is 23.0. The minimum Gasteiger partial charge on any atom is -0.505 e. The van der Waals surface area contributed by atoms with Gasteiger partial charge in [-0.15, -0.1) is 11.3 Å². The van der Waals surface area contributed by atoms with Crippen molar-refractivity contribution in [3.63, 3.8) is 0 Å². The number of aromatic hydroxyl groups is 1. The number of pyridine rings is 1. The van der Waals surface area contributed by atoms with Crippen molar-refractivity contribution in [2.75, 3.05) is 31.6 Å². The molecule has 156 valence electrons. The lowest BCUT2D eigenvalue weighted by atomic mass is 10.1. The van der Waals surface area contributed by atoms with Crippen LogP contribution in [0.1, 0.15) is 30.2 Å². The van der Waals surface area contributed by atoms with Gasteiger partial charge < -0.3 is 25.0 Å². The van der Waals surface area contributed by atoms with Crippen LogP contribution < -0.4 is 20.8 Å². The zero-order valence-corrected chi connectivity index (χ0v) is 17.3. The van der Waals surface area contributed by atoms with Crippen molar-refractivity contribution in [1.82, 2.24) is 4.57 Å². The number of ether oxygens (including phenoxy) is 1. The number of fused-ring (bicyclic) bond motifs is 2. The minimum absolute atomic E-state index is 0.0783. The highest BCUT2D eigenvalue weighted by molar-refractivity contribution is 7.19. The zero-order chi connectivity index (χ0) is 21.2. The van der Waals surface area contributed by atoms with Crippen molar-refractivity contribution in [3.8, 4) is 17.6 Å². The number of hydrogen-bond acceptors (Lipinski definition) is 7. The number of anilines is 1. The van der Waals surface area contributed by atoms with E-state index in [0.29, 0.717) is 41.4 Å². The van der Waals surface area contributed by atoms with E-state index >= 15 is 4.39 Å². The number of rotatable bonds is 4. The van der Waals surface area contributed by atoms with Crippen molar-refractivity contribution in [1.29, 1.82) is 5.26 Å². The van der Waals surface area contributed by atoms with Crippen LogP contribution in [0.4, 0.5) is 10.1 Å². The van der Waals surface area contributed by atoms with Crippen LogP contribution in [0.2, 0.25) is 0 Å². The molecule has 1 aromatic carbocycles. The largest absolute Gasteiger partial charge is 0.505 e. The second-order valence-corrected chi connectivity index (χ2v) is 8.97. The van der Waals surface area contributed by atoms with Crippen molar-refractivity contribution in [3.05, 3.63) is 27.0 Å². The molecule has 2 fully saturated rings. The van der Waals surface area contributed by atoms with Crippen LogP contribution in [0.15, 0.2) is 10.9 Å². The van der Waals surface area contributed by atoms with Crippen LogP contribution in [0.3, 0.4) is 0 Å². The molecule has 2 aromatic heterocycles. The van der Waals surface area contributed by atoms with E-state index in [1.807, 2.05) is 15.5 Å². The fraction of sp³-hybridized carbons (Fsp3) is 0.429. The van der Waals surface area contributed by atoms with Crippen LogP contribution in [-0.4, -0.2) is 36.4 Å². The highest BCUT2D eigenvalue weighted by Crippen LogP contribution is 2.48. The molecule has 0 amide bonds. The van der Waals surface area contributed by atoms with E-state index in [9.17, 15) is 15.2 Å². The number of aromatic nitrogens is 1. The van der Waals surface area contributed by atoms with Gasteiger partial charge in [-0.25, -0.2) is 4.39 Å². The quantitative estimate of drug-likeness (QED) is 0.662. The molecule has 5 rings (SSSR count). The second kappa shape index (κ2) is 6.86. The maximum atomic E-state index is 15.3. The van der Waals surface area contributed by atoms with Gasteiger partial charge in [-0.05, 0) is 37.8 Å². The Morgan fingerprint density at radius 2 is 2.20 bits per heavy atom. The molecule has 7 nitrogen and oxygen atoms in total. The molecule has 0 spiro atoms. The standard InChI is InChI=1S/C21H21FN4O3S/c1-29-20-16-12(6-13(22)17(20)25-5-4-10(7-23)9-25)18(27)15-19(28)14(8-24)30-21(15)26(16)11-2-3-11/h6,10-11,28H,2-5,7,9,23H2,1H3/t10-/m0/s1. The molecule has 9 heteroatoms. The van der Waals surface area contributed by atoms with Gasteiger partial charge in [0.25, 0.3) is 0 Å². The number of thiophene rings is 1. The van der Waals surface area contributed by atoms with Gasteiger partial charge in [-0.1, -0.05) is 0 Å². The monoisotopic (exact) mass is 428 g/mol. The molecule has 3 aromatic rings. The van der Waals surface area contributed by atoms with Gasteiger partial charge in [-0.2, -0.15) is 5.26 Å². The molecule has 2 aliphatic rings. The van der Waals surface area contributed by atoms with Crippen LogP contribution in [0, 0.1) is 23.1 Å². The van der Waals surface area contributed by atoms with E-state index in [2.05, 4.69) is 0 Å². The summed E-state index contributed by atoms with van der Waals surface area (Å²) in [6.45, 7) is 1.82. The van der Waals surface area contributed by atoms with Gasteiger partial charge in [0.2, 0.25) is 5.43 Å². The fourth-order valence-corrected chi connectivity index (χ4v) is 5.58. The van der Waals surface area contributed by atoms with Crippen molar-refractivity contribution in [2.45, 2.75) is 25.3 Å². The summed E-state index contributed by atoms with van der Waals surface area (Å²) in [5, 5.41) is 20.1. The Morgan fingerprint density at radius 3 is 2.80 bits per heavy atom. The van der Waals surface area contributed by atoms with Crippen molar-refractivity contribution >= 4 is 38.1 Å². The molecule has 3 heterocycles. The molecule has 0 radical (unpaired) electrons. The molecule has 0 unspecified atom stereocenters. The summed E-state index contributed by atoms with van der Waals surface area (Å²) in [7, 11) is 1.48. The molecule has 3 N–H and O–H groups in total. The number of nitrogens with two attached hydrogens (primary N) is 1. The van der Waals surface area contributed by atoms with E-state index in [4.69, 9.17) is 10.5 Å². The number of nitriles is 1. The number of hydrogen-bond donors (Lipinski definition) is 2. The topological polar surface area (TPSA) is 105 Å². The zero-order valence-electron chi connectivity index (χ0n) is 16.4. The van der Waals surface area contributed by atoms with Crippen LogP contribution in [0.25, 0.3) is 21.1 Å². The SMILES string of the molecule is COc1c(N2CC[C@@H](CN)C2)c(F)cc2c(=O)c3c(O)c(C#N)sc3n(C3CC3)c12. The third-order valence-electron chi connectivity index (χ3n) is 6.13. The van der Waals surface area contributed by atoms with Gasteiger partial charge in [0.05, 0.1) is 18.0 Å². The van der Waals surface area contributed by atoms with Gasteiger partial charge in [0.15, 0.2) is 17.3 Å². The number of methoxy groups -OCH3 is 1. The molecule has 1 saturated carbocycles. The number of halogens is 1. The van der Waals surface area contributed by atoms with Crippen LogP contribution in [0.5, 0.6) is 11.5 Å². The maximum absolute atomic E-state index is 15.3. The van der Waals surface area contributed by atoms with E-state index in [0.717, 1.165) is 30.6 Å². The van der Waals surface area contributed by atoms with E-state index in [1.165, 1.54) is 13.2 Å². The molecule has 0 bridgehead atoms. The molecular formula is C21H21FN4O3S. The van der Waals surface area contributed by atoms with E-state index < -0.39 is 11.2 Å². The van der Waals surface area contributed by atoms with Gasteiger partial charge >= 0.3 is 0 Å². The number of benzene rings is 1. The summed E-state index contributed by atoms with van der Waals surface area (Å²) in [4.78, 5) is 15.8. The normalized spacial score (nSPS) is 19.0. The Bertz CT molecular complexity index is 1290. The lowest BCUT2D eigenvalue weighted by Crippen LogP contribution is -2.24. The smallest absolute Gasteiger partial charge is 0.202 e. The first kappa shape index (κ1) is 19.2. The fourth-order valence-electron chi connectivity index (χ4n) is 4.51. The van der Waals surface area contributed by atoms with E-state index in [-0.39, 0.29) is 33.4 Å². The molecule has 1 saturated heterocycles. The average molecular weight is 428 g/mol. The Morgan fingerprint density at radius 1 is 1.43 bits per heavy atom.